The van der Waals surface area contributed by atoms with E-state index in [4.69, 9.17) is 5.73 Å². The number of carbonyl (C=O) groups excluding carboxylic acids is 1. The van der Waals surface area contributed by atoms with Crippen molar-refractivity contribution < 1.29 is 4.79 Å². The summed E-state index contributed by atoms with van der Waals surface area (Å²) >= 11 is 0. The highest BCUT2D eigenvalue weighted by atomic mass is 16.1. The maximum atomic E-state index is 11.2. The zero-order chi connectivity index (χ0) is 10.9. The van der Waals surface area contributed by atoms with Gasteiger partial charge in [0, 0.05) is 31.9 Å². The third-order valence-electron chi connectivity index (χ3n) is 2.05. The lowest BCUT2D eigenvalue weighted by Crippen LogP contribution is -2.25. The molecule has 1 aromatic heterocycles. The minimum Gasteiger partial charge on any atom is -0.356 e. The Balaban J connectivity index is 1.99. The van der Waals surface area contributed by atoms with Gasteiger partial charge in [0.1, 0.15) is 0 Å². The lowest BCUT2D eigenvalue weighted by Gasteiger charge is -2.04. The van der Waals surface area contributed by atoms with Crippen LogP contribution in [0.4, 0.5) is 0 Å². The Morgan fingerprint density at radius 2 is 2.33 bits per heavy atom. The highest BCUT2D eigenvalue weighted by molar-refractivity contribution is 5.75. The van der Waals surface area contributed by atoms with Gasteiger partial charge in [0.15, 0.2) is 0 Å². The van der Waals surface area contributed by atoms with E-state index in [0.717, 1.165) is 19.4 Å². The molecule has 5 heteroatoms. The molecule has 0 fully saturated rings. The van der Waals surface area contributed by atoms with Crippen molar-refractivity contribution in [2.24, 2.45) is 5.73 Å². The summed E-state index contributed by atoms with van der Waals surface area (Å²) in [6.07, 6.45) is 5.84. The summed E-state index contributed by atoms with van der Waals surface area (Å²) in [6.45, 7) is 2.11. The van der Waals surface area contributed by atoms with Crippen LogP contribution < -0.4 is 11.1 Å². The largest absolute Gasteiger partial charge is 0.356 e. The van der Waals surface area contributed by atoms with Gasteiger partial charge in [-0.25, -0.2) is 0 Å². The molecule has 0 spiro atoms. The van der Waals surface area contributed by atoms with Gasteiger partial charge in [-0.1, -0.05) is 0 Å². The first-order chi connectivity index (χ1) is 7.33. The number of nitrogens with one attached hydrogen (secondary N) is 1. The Labute approximate surface area is 89.6 Å². The summed E-state index contributed by atoms with van der Waals surface area (Å²) in [7, 11) is 0. The van der Waals surface area contributed by atoms with Crippen LogP contribution in [0.5, 0.6) is 0 Å². The van der Waals surface area contributed by atoms with Crippen LogP contribution in [0.15, 0.2) is 18.5 Å². The lowest BCUT2D eigenvalue weighted by atomic mass is 10.3. The molecular formula is C10H18N4O. The number of amides is 1. The van der Waals surface area contributed by atoms with Crippen LogP contribution >= 0.6 is 0 Å². The SMILES string of the molecule is NCCCC(=O)NCCCn1cccn1. The van der Waals surface area contributed by atoms with E-state index in [1.807, 2.05) is 16.9 Å². The Morgan fingerprint density at radius 3 is 3.00 bits per heavy atom. The number of rotatable bonds is 7. The van der Waals surface area contributed by atoms with E-state index >= 15 is 0 Å². The fourth-order valence-corrected chi connectivity index (χ4v) is 1.25. The Kier molecular flexibility index (Phi) is 5.47. The van der Waals surface area contributed by atoms with Gasteiger partial charge < -0.3 is 11.1 Å². The first-order valence-electron chi connectivity index (χ1n) is 5.27. The summed E-state index contributed by atoms with van der Waals surface area (Å²) in [5, 5.41) is 6.91. The molecule has 0 radical (unpaired) electrons. The fraction of sp³-hybridized carbons (Fsp3) is 0.600. The van der Waals surface area contributed by atoms with E-state index in [1.165, 1.54) is 0 Å². The molecule has 0 atom stereocenters. The van der Waals surface area contributed by atoms with Gasteiger partial charge in [-0.15, -0.1) is 0 Å². The van der Waals surface area contributed by atoms with Crippen LogP contribution in [0.2, 0.25) is 0 Å². The second-order valence-corrected chi connectivity index (χ2v) is 3.36. The predicted octanol–water partition coefficient (Wildman–Crippen LogP) is 0.128. The first-order valence-corrected chi connectivity index (χ1v) is 5.27. The van der Waals surface area contributed by atoms with Gasteiger partial charge in [-0.3, -0.25) is 9.48 Å². The molecule has 0 saturated heterocycles. The van der Waals surface area contributed by atoms with Gasteiger partial charge in [-0.2, -0.15) is 5.10 Å². The molecule has 15 heavy (non-hydrogen) atoms. The molecule has 84 valence electrons. The first kappa shape index (κ1) is 11.7. The van der Waals surface area contributed by atoms with Crippen LogP contribution in [0.3, 0.4) is 0 Å². The molecule has 0 aliphatic heterocycles. The quantitative estimate of drug-likeness (QED) is 0.628. The molecule has 0 bridgehead atoms. The van der Waals surface area contributed by atoms with Crippen molar-refractivity contribution in [3.05, 3.63) is 18.5 Å². The van der Waals surface area contributed by atoms with E-state index in [0.29, 0.717) is 19.5 Å². The van der Waals surface area contributed by atoms with E-state index < -0.39 is 0 Å². The Bertz CT molecular complexity index is 271. The number of nitrogens with two attached hydrogens (primary N) is 1. The van der Waals surface area contributed by atoms with E-state index in [2.05, 4.69) is 10.4 Å². The van der Waals surface area contributed by atoms with Crippen molar-refractivity contribution in [1.82, 2.24) is 15.1 Å². The lowest BCUT2D eigenvalue weighted by molar-refractivity contribution is -0.121. The van der Waals surface area contributed by atoms with Crippen molar-refractivity contribution in [2.75, 3.05) is 13.1 Å². The van der Waals surface area contributed by atoms with Gasteiger partial charge in [0.25, 0.3) is 0 Å². The van der Waals surface area contributed by atoms with E-state index in [-0.39, 0.29) is 5.91 Å². The predicted molar refractivity (Wildman–Crippen MR) is 58.1 cm³/mol. The molecule has 5 nitrogen and oxygen atoms in total. The second-order valence-electron chi connectivity index (χ2n) is 3.36. The van der Waals surface area contributed by atoms with Crippen LogP contribution in [0.25, 0.3) is 0 Å². The number of nitrogens with zero attached hydrogens (tertiary/aromatic N) is 2. The molecule has 1 amide bonds. The second kappa shape index (κ2) is 7.00. The monoisotopic (exact) mass is 210 g/mol. The summed E-state index contributed by atoms with van der Waals surface area (Å²) in [5.41, 5.74) is 5.30. The maximum absolute atomic E-state index is 11.2. The zero-order valence-corrected chi connectivity index (χ0v) is 8.85. The van der Waals surface area contributed by atoms with E-state index in [1.54, 1.807) is 6.20 Å². The third kappa shape index (κ3) is 5.17. The standard InChI is InChI=1S/C10H18N4O/c11-5-1-4-10(15)12-6-2-8-14-9-3-7-13-14/h3,7,9H,1-2,4-6,8,11H2,(H,12,15). The zero-order valence-electron chi connectivity index (χ0n) is 8.85. The molecule has 0 aromatic carbocycles. The molecule has 3 N–H and O–H groups in total. The van der Waals surface area contributed by atoms with Crippen molar-refractivity contribution in [3.63, 3.8) is 0 Å². The van der Waals surface area contributed by atoms with Gasteiger partial charge in [-0.05, 0) is 25.5 Å². The number of carbonyl (C=O) groups is 1. The molecule has 1 heterocycles. The molecule has 0 unspecified atom stereocenters. The van der Waals surface area contributed by atoms with Crippen molar-refractivity contribution in [2.45, 2.75) is 25.8 Å². The topological polar surface area (TPSA) is 72.9 Å². The molecule has 0 aliphatic carbocycles. The summed E-state index contributed by atoms with van der Waals surface area (Å²) in [5.74, 6) is 0.0842. The highest BCUT2D eigenvalue weighted by Gasteiger charge is 1.98. The average Bonchev–Trinajstić information content (AvgIpc) is 2.74. The van der Waals surface area contributed by atoms with Crippen LogP contribution in [-0.2, 0) is 11.3 Å². The normalized spacial score (nSPS) is 10.2. The Morgan fingerprint density at radius 1 is 1.47 bits per heavy atom. The number of aromatic nitrogens is 2. The third-order valence-corrected chi connectivity index (χ3v) is 2.05. The van der Waals surface area contributed by atoms with Crippen molar-refractivity contribution >= 4 is 5.91 Å². The number of hydrogen-bond donors (Lipinski definition) is 2. The van der Waals surface area contributed by atoms with E-state index in [9.17, 15) is 4.79 Å². The molecule has 1 aromatic rings. The van der Waals surface area contributed by atoms with Crippen LogP contribution in [-0.4, -0.2) is 28.8 Å². The Hall–Kier alpha value is -1.36. The van der Waals surface area contributed by atoms with Crippen LogP contribution in [0, 0.1) is 0 Å². The molecular weight excluding hydrogens is 192 g/mol. The van der Waals surface area contributed by atoms with Crippen molar-refractivity contribution in [3.8, 4) is 0 Å². The van der Waals surface area contributed by atoms with Crippen LogP contribution in [0.1, 0.15) is 19.3 Å². The molecule has 1 rings (SSSR count). The fourth-order valence-electron chi connectivity index (χ4n) is 1.25. The van der Waals surface area contributed by atoms with Gasteiger partial charge in [0.2, 0.25) is 5.91 Å². The minimum absolute atomic E-state index is 0.0842. The maximum Gasteiger partial charge on any atom is 0.220 e. The summed E-state index contributed by atoms with van der Waals surface area (Å²) < 4.78 is 1.85. The highest BCUT2D eigenvalue weighted by Crippen LogP contribution is 1.89. The van der Waals surface area contributed by atoms with Gasteiger partial charge in [0.05, 0.1) is 0 Å². The minimum atomic E-state index is 0.0842. The summed E-state index contributed by atoms with van der Waals surface area (Å²) in [4.78, 5) is 11.2. The summed E-state index contributed by atoms with van der Waals surface area (Å²) in [6, 6.07) is 1.89. The molecule has 0 saturated carbocycles. The number of aryl methyl sites for hydroxylation is 1. The number of hydrogen-bond acceptors (Lipinski definition) is 3. The average molecular weight is 210 g/mol. The van der Waals surface area contributed by atoms with Gasteiger partial charge >= 0.3 is 0 Å². The molecule has 0 aliphatic rings. The smallest absolute Gasteiger partial charge is 0.220 e. The van der Waals surface area contributed by atoms with Crippen molar-refractivity contribution in [1.29, 1.82) is 0 Å².